The van der Waals surface area contributed by atoms with E-state index in [1.165, 1.54) is 0 Å². The van der Waals surface area contributed by atoms with Crippen molar-refractivity contribution in [1.82, 2.24) is 14.9 Å². The van der Waals surface area contributed by atoms with E-state index in [2.05, 4.69) is 16.8 Å². The molecule has 2 amide bonds. The van der Waals surface area contributed by atoms with Crippen molar-refractivity contribution in [3.63, 3.8) is 0 Å². The molecule has 1 aromatic carbocycles. The largest absolute Gasteiger partial charge is 0.304 e. The topological polar surface area (TPSA) is 53.1 Å². The lowest BCUT2D eigenvalue weighted by Crippen LogP contribution is -2.45. The van der Waals surface area contributed by atoms with Crippen molar-refractivity contribution < 1.29 is 14.4 Å². The van der Waals surface area contributed by atoms with Gasteiger partial charge in [0, 0.05) is 32.7 Å². The zero-order chi connectivity index (χ0) is 15.5. The van der Waals surface area contributed by atoms with Crippen LogP contribution < -0.4 is 0 Å². The number of benzene rings is 1. The van der Waals surface area contributed by atoms with Crippen LogP contribution in [0.3, 0.4) is 0 Å². The van der Waals surface area contributed by atoms with E-state index < -0.39 is 0 Å². The highest BCUT2D eigenvalue weighted by molar-refractivity contribution is 6.20. The molecule has 2 aliphatic rings. The van der Waals surface area contributed by atoms with Crippen LogP contribution in [0.4, 0.5) is 0 Å². The highest BCUT2D eigenvalue weighted by Gasteiger charge is 2.36. The van der Waals surface area contributed by atoms with E-state index in [1.807, 2.05) is 0 Å². The molecule has 2 heterocycles. The summed E-state index contributed by atoms with van der Waals surface area (Å²) in [5.74, 6) is -0.722. The highest BCUT2D eigenvalue weighted by Crippen LogP contribution is 2.22. The van der Waals surface area contributed by atoms with Crippen molar-refractivity contribution in [2.24, 2.45) is 0 Å². The number of nitrogens with zero attached hydrogens (tertiary/aromatic N) is 3. The van der Waals surface area contributed by atoms with Crippen molar-refractivity contribution in [1.29, 1.82) is 0 Å². The Bertz CT molecular complexity index is 533. The van der Waals surface area contributed by atoms with Crippen LogP contribution in [0.15, 0.2) is 24.3 Å². The Hall–Kier alpha value is -1.76. The number of amides is 2. The van der Waals surface area contributed by atoms with Crippen LogP contribution in [-0.4, -0.2) is 73.1 Å². The molecule has 0 saturated carbocycles. The summed E-state index contributed by atoms with van der Waals surface area (Å²) >= 11 is 0. The Morgan fingerprint density at radius 1 is 1.00 bits per heavy atom. The molecule has 2 aliphatic heterocycles. The number of hydrogen-bond donors (Lipinski definition) is 0. The van der Waals surface area contributed by atoms with Gasteiger partial charge < -0.3 is 9.80 Å². The van der Waals surface area contributed by atoms with Gasteiger partial charge in [-0.2, -0.15) is 0 Å². The highest BCUT2D eigenvalue weighted by atomic mass is 16.7. The molecule has 0 atom stereocenters. The second-order valence-electron chi connectivity index (χ2n) is 5.78. The fraction of sp³-hybridized carbons (Fsp3) is 0.500. The summed E-state index contributed by atoms with van der Waals surface area (Å²) in [6.45, 7) is 5.58. The lowest BCUT2D eigenvalue weighted by molar-refractivity contribution is -0.0933. The number of imide groups is 1. The summed E-state index contributed by atoms with van der Waals surface area (Å²) < 4.78 is 0. The quantitative estimate of drug-likeness (QED) is 0.596. The van der Waals surface area contributed by atoms with Gasteiger partial charge in [-0.3, -0.25) is 14.4 Å². The number of fused-ring (bicyclic) bond motifs is 1. The third kappa shape index (κ3) is 3.04. The van der Waals surface area contributed by atoms with Crippen LogP contribution in [0, 0.1) is 0 Å². The van der Waals surface area contributed by atoms with Crippen molar-refractivity contribution >= 4 is 11.8 Å². The van der Waals surface area contributed by atoms with Crippen LogP contribution in [0.2, 0.25) is 0 Å². The molecule has 0 radical (unpaired) electrons. The number of hydrogen-bond acceptors (Lipinski definition) is 5. The molecule has 1 fully saturated rings. The van der Waals surface area contributed by atoms with E-state index in [9.17, 15) is 9.59 Å². The molecule has 118 valence electrons. The molecule has 0 aliphatic carbocycles. The van der Waals surface area contributed by atoms with Gasteiger partial charge in [0.15, 0.2) is 0 Å². The zero-order valence-corrected chi connectivity index (χ0v) is 12.8. The standard InChI is InChI=1S/C16H21N3O3/c1-17-8-10-18(11-9-17)7-4-12-22-19-15(20)13-5-2-3-6-14(13)16(19)21/h2-3,5-6H,4,7-12H2,1H3. The first-order chi connectivity index (χ1) is 10.7. The summed E-state index contributed by atoms with van der Waals surface area (Å²) in [6, 6.07) is 6.81. The SMILES string of the molecule is CN1CCN(CCCON2C(=O)c3ccccc3C2=O)CC1. The molecule has 6 heteroatoms. The van der Waals surface area contributed by atoms with Crippen molar-refractivity contribution in [3.05, 3.63) is 35.4 Å². The zero-order valence-electron chi connectivity index (χ0n) is 12.8. The van der Waals surface area contributed by atoms with Gasteiger partial charge in [-0.1, -0.05) is 12.1 Å². The van der Waals surface area contributed by atoms with Gasteiger partial charge in [0.05, 0.1) is 17.7 Å². The first-order valence-electron chi connectivity index (χ1n) is 7.68. The first-order valence-corrected chi connectivity index (χ1v) is 7.68. The van der Waals surface area contributed by atoms with Crippen LogP contribution in [0.25, 0.3) is 0 Å². The molecule has 0 N–H and O–H groups in total. The normalized spacial score (nSPS) is 19.8. The number of carbonyl (C=O) groups excluding carboxylic acids is 2. The number of piperazine rings is 1. The van der Waals surface area contributed by atoms with Gasteiger partial charge >= 0.3 is 0 Å². The van der Waals surface area contributed by atoms with Gasteiger partial charge in [-0.25, -0.2) is 0 Å². The Morgan fingerprint density at radius 3 is 2.18 bits per heavy atom. The first kappa shape index (κ1) is 15.1. The number of carbonyl (C=O) groups is 2. The van der Waals surface area contributed by atoms with Gasteiger partial charge in [0.25, 0.3) is 11.8 Å². The van der Waals surface area contributed by atoms with Crippen molar-refractivity contribution in [2.45, 2.75) is 6.42 Å². The van der Waals surface area contributed by atoms with Gasteiger partial charge in [0.2, 0.25) is 0 Å². The van der Waals surface area contributed by atoms with Crippen LogP contribution in [0.5, 0.6) is 0 Å². The van der Waals surface area contributed by atoms with Crippen LogP contribution in [0.1, 0.15) is 27.1 Å². The maximum absolute atomic E-state index is 12.1. The second-order valence-corrected chi connectivity index (χ2v) is 5.78. The average Bonchev–Trinajstić information content (AvgIpc) is 2.78. The van der Waals surface area contributed by atoms with Gasteiger partial charge in [-0.05, 0) is 25.6 Å². The minimum atomic E-state index is -0.361. The molecule has 0 aromatic heterocycles. The van der Waals surface area contributed by atoms with Crippen LogP contribution >= 0.6 is 0 Å². The lowest BCUT2D eigenvalue weighted by atomic mass is 10.1. The predicted molar refractivity (Wildman–Crippen MR) is 81.4 cm³/mol. The minimum Gasteiger partial charge on any atom is -0.304 e. The van der Waals surface area contributed by atoms with Crippen molar-refractivity contribution in [2.75, 3.05) is 46.4 Å². The molecular formula is C16H21N3O3. The lowest BCUT2D eigenvalue weighted by Gasteiger charge is -2.32. The smallest absolute Gasteiger partial charge is 0.285 e. The molecule has 3 rings (SSSR count). The van der Waals surface area contributed by atoms with Crippen molar-refractivity contribution in [3.8, 4) is 0 Å². The monoisotopic (exact) mass is 303 g/mol. The Morgan fingerprint density at radius 2 is 1.59 bits per heavy atom. The maximum Gasteiger partial charge on any atom is 0.285 e. The molecule has 22 heavy (non-hydrogen) atoms. The van der Waals surface area contributed by atoms with Gasteiger partial charge in [0.1, 0.15) is 0 Å². The predicted octanol–water partition coefficient (Wildman–Crippen LogP) is 0.852. The summed E-state index contributed by atoms with van der Waals surface area (Å²) in [5.41, 5.74) is 0.845. The molecule has 0 bridgehead atoms. The number of likely N-dealkylation sites (N-methyl/N-ethyl adjacent to an activating group) is 1. The fourth-order valence-electron chi connectivity index (χ4n) is 2.80. The molecule has 1 saturated heterocycles. The molecular weight excluding hydrogens is 282 g/mol. The van der Waals surface area contributed by atoms with E-state index in [4.69, 9.17) is 4.84 Å². The van der Waals surface area contributed by atoms with E-state index in [-0.39, 0.29) is 11.8 Å². The van der Waals surface area contributed by atoms with E-state index in [0.717, 1.165) is 44.2 Å². The summed E-state index contributed by atoms with van der Waals surface area (Å²) in [5, 5.41) is 0.897. The molecule has 1 aromatic rings. The number of hydroxylamine groups is 2. The average molecular weight is 303 g/mol. The van der Waals surface area contributed by atoms with E-state index in [0.29, 0.717) is 17.7 Å². The van der Waals surface area contributed by atoms with E-state index in [1.54, 1.807) is 24.3 Å². The summed E-state index contributed by atoms with van der Waals surface area (Å²) in [7, 11) is 2.13. The van der Waals surface area contributed by atoms with Gasteiger partial charge in [-0.15, -0.1) is 5.06 Å². The third-order valence-corrected chi connectivity index (χ3v) is 4.19. The Kier molecular flexibility index (Phi) is 4.52. The molecule has 0 unspecified atom stereocenters. The number of rotatable bonds is 5. The molecule has 6 nitrogen and oxygen atoms in total. The van der Waals surface area contributed by atoms with Crippen LogP contribution in [-0.2, 0) is 4.84 Å². The Labute approximate surface area is 130 Å². The summed E-state index contributed by atoms with van der Waals surface area (Å²) in [6.07, 6.45) is 0.803. The summed E-state index contributed by atoms with van der Waals surface area (Å²) in [4.78, 5) is 34.3. The fourth-order valence-corrected chi connectivity index (χ4v) is 2.80. The maximum atomic E-state index is 12.1. The third-order valence-electron chi connectivity index (χ3n) is 4.19. The second kappa shape index (κ2) is 6.56. The minimum absolute atomic E-state index is 0.361. The van der Waals surface area contributed by atoms with E-state index >= 15 is 0 Å². The Balaban J connectivity index is 1.45. The molecule has 0 spiro atoms.